The first-order valence-corrected chi connectivity index (χ1v) is 10.5. The van der Waals surface area contributed by atoms with Crippen LogP contribution >= 0.6 is 0 Å². The van der Waals surface area contributed by atoms with E-state index in [0.29, 0.717) is 43.3 Å². The summed E-state index contributed by atoms with van der Waals surface area (Å²) >= 11 is 0. The van der Waals surface area contributed by atoms with Gasteiger partial charge in [0.15, 0.2) is 17.2 Å². The first-order valence-electron chi connectivity index (χ1n) is 10.5. The van der Waals surface area contributed by atoms with E-state index in [2.05, 4.69) is 20.8 Å². The maximum absolute atomic E-state index is 13.0. The lowest BCUT2D eigenvalue weighted by Gasteiger charge is -2.32. The van der Waals surface area contributed by atoms with Gasteiger partial charge in [0.05, 0.1) is 11.6 Å². The van der Waals surface area contributed by atoms with E-state index < -0.39 is 5.60 Å². The molecule has 3 aliphatic rings. The summed E-state index contributed by atoms with van der Waals surface area (Å²) in [4.78, 5) is 27.5. The van der Waals surface area contributed by atoms with Crippen molar-refractivity contribution in [3.63, 3.8) is 0 Å². The van der Waals surface area contributed by atoms with Gasteiger partial charge in [-0.2, -0.15) is 5.10 Å². The van der Waals surface area contributed by atoms with Crippen LogP contribution in [-0.4, -0.2) is 53.7 Å². The molecule has 1 atom stereocenters. The van der Waals surface area contributed by atoms with Crippen LogP contribution in [0.5, 0.6) is 5.75 Å². The Kier molecular flexibility index (Phi) is 4.96. The van der Waals surface area contributed by atoms with Gasteiger partial charge in [-0.3, -0.25) is 14.5 Å². The fourth-order valence-corrected chi connectivity index (χ4v) is 4.05. The smallest absolute Gasteiger partial charge is 0.238 e. The molecule has 3 fully saturated rings. The van der Waals surface area contributed by atoms with E-state index in [9.17, 15) is 9.59 Å². The molecule has 8 heteroatoms. The molecule has 156 valence electrons. The second-order valence-corrected chi connectivity index (χ2v) is 8.27. The number of anilines is 2. The SMILES string of the molecule is O=C(C1CNC1)N(c1ccc(O[C@]2(C(=O)C3CC3)CCNC2)cc1)c1cccnn1. The number of nitrogens with zero attached hydrogens (tertiary/aromatic N) is 3. The molecule has 2 saturated heterocycles. The summed E-state index contributed by atoms with van der Waals surface area (Å²) in [6.45, 7) is 2.65. The maximum Gasteiger partial charge on any atom is 0.238 e. The Hall–Kier alpha value is -2.84. The van der Waals surface area contributed by atoms with Gasteiger partial charge in [-0.15, -0.1) is 5.10 Å². The summed E-state index contributed by atoms with van der Waals surface area (Å²) in [7, 11) is 0. The lowest BCUT2D eigenvalue weighted by molar-refractivity contribution is -0.134. The van der Waals surface area contributed by atoms with Crippen molar-refractivity contribution in [2.24, 2.45) is 11.8 Å². The standard InChI is InChI=1S/C22H25N5O3/c28-20(15-3-4-15)22(9-11-23-14-22)30-18-7-5-17(6-8-18)27(19-2-1-10-25-26-19)21(29)16-12-24-13-16/h1-2,5-8,10,15-16,23-24H,3-4,9,11-14H2/t22-/m1/s1. The molecule has 1 aromatic carbocycles. The van der Waals surface area contributed by atoms with Crippen LogP contribution < -0.4 is 20.3 Å². The Balaban J connectivity index is 1.39. The number of Topliss-reactive ketones (excluding diaryl/α,β-unsaturated/α-hetero) is 1. The molecule has 0 bridgehead atoms. The van der Waals surface area contributed by atoms with Gasteiger partial charge in [0.2, 0.25) is 5.91 Å². The number of ether oxygens (including phenoxy) is 1. The van der Waals surface area contributed by atoms with Gasteiger partial charge in [-0.1, -0.05) is 0 Å². The van der Waals surface area contributed by atoms with Crippen molar-refractivity contribution in [2.75, 3.05) is 31.1 Å². The number of amides is 1. The third-order valence-corrected chi connectivity index (χ3v) is 6.06. The van der Waals surface area contributed by atoms with Crippen LogP contribution in [0.2, 0.25) is 0 Å². The fraction of sp³-hybridized carbons (Fsp3) is 0.455. The number of aromatic nitrogens is 2. The first kappa shape index (κ1) is 19.1. The molecular weight excluding hydrogens is 382 g/mol. The number of ketones is 1. The minimum absolute atomic E-state index is 0.0108. The molecule has 1 saturated carbocycles. The highest BCUT2D eigenvalue weighted by Crippen LogP contribution is 2.38. The van der Waals surface area contributed by atoms with Crippen molar-refractivity contribution in [1.82, 2.24) is 20.8 Å². The quantitative estimate of drug-likeness (QED) is 0.717. The maximum atomic E-state index is 13.0. The molecule has 0 spiro atoms. The number of hydrogen-bond donors (Lipinski definition) is 2. The van der Waals surface area contributed by atoms with Crippen LogP contribution in [0.1, 0.15) is 19.3 Å². The molecule has 8 nitrogen and oxygen atoms in total. The molecule has 5 rings (SSSR count). The number of carbonyl (C=O) groups excluding carboxylic acids is 2. The van der Waals surface area contributed by atoms with E-state index in [0.717, 1.165) is 19.4 Å². The van der Waals surface area contributed by atoms with Crippen molar-refractivity contribution in [2.45, 2.75) is 24.9 Å². The summed E-state index contributed by atoms with van der Waals surface area (Å²) in [6, 6.07) is 10.9. The second kappa shape index (κ2) is 7.77. The predicted octanol–water partition coefficient (Wildman–Crippen LogP) is 1.45. The molecule has 1 aromatic heterocycles. The zero-order valence-electron chi connectivity index (χ0n) is 16.7. The van der Waals surface area contributed by atoms with E-state index in [-0.39, 0.29) is 23.5 Å². The number of hydrogen-bond acceptors (Lipinski definition) is 7. The number of carbonyl (C=O) groups is 2. The first-order chi connectivity index (χ1) is 14.7. The van der Waals surface area contributed by atoms with Gasteiger partial charge < -0.3 is 15.4 Å². The van der Waals surface area contributed by atoms with E-state index in [1.54, 1.807) is 23.2 Å². The summed E-state index contributed by atoms with van der Waals surface area (Å²) in [5.41, 5.74) is -0.0763. The van der Waals surface area contributed by atoms with E-state index >= 15 is 0 Å². The van der Waals surface area contributed by atoms with Crippen molar-refractivity contribution >= 4 is 23.2 Å². The lowest BCUT2D eigenvalue weighted by Crippen LogP contribution is -2.51. The van der Waals surface area contributed by atoms with Crippen LogP contribution in [0, 0.1) is 11.8 Å². The van der Waals surface area contributed by atoms with Gasteiger partial charge in [0.25, 0.3) is 0 Å². The highest BCUT2D eigenvalue weighted by atomic mass is 16.5. The van der Waals surface area contributed by atoms with Crippen molar-refractivity contribution in [3.8, 4) is 5.75 Å². The minimum Gasteiger partial charge on any atom is -0.478 e. The highest BCUT2D eigenvalue weighted by Gasteiger charge is 2.49. The van der Waals surface area contributed by atoms with Crippen molar-refractivity contribution < 1.29 is 14.3 Å². The van der Waals surface area contributed by atoms with Gasteiger partial charge in [0.1, 0.15) is 5.75 Å². The average molecular weight is 407 g/mol. The minimum atomic E-state index is -0.777. The third-order valence-electron chi connectivity index (χ3n) is 6.06. The Morgan fingerprint density at radius 1 is 1.07 bits per heavy atom. The largest absolute Gasteiger partial charge is 0.478 e. The molecule has 1 aliphatic carbocycles. The summed E-state index contributed by atoms with van der Waals surface area (Å²) < 4.78 is 6.25. The molecule has 1 amide bonds. The summed E-state index contributed by atoms with van der Waals surface area (Å²) in [6.07, 6.45) is 4.20. The van der Waals surface area contributed by atoms with Crippen molar-refractivity contribution in [3.05, 3.63) is 42.6 Å². The van der Waals surface area contributed by atoms with E-state index in [1.807, 2.05) is 24.3 Å². The molecule has 30 heavy (non-hydrogen) atoms. The Morgan fingerprint density at radius 3 is 2.43 bits per heavy atom. The van der Waals surface area contributed by atoms with E-state index in [4.69, 9.17) is 4.74 Å². The Morgan fingerprint density at radius 2 is 1.87 bits per heavy atom. The fourth-order valence-electron chi connectivity index (χ4n) is 4.05. The van der Waals surface area contributed by atoms with Crippen molar-refractivity contribution in [1.29, 1.82) is 0 Å². The monoisotopic (exact) mass is 407 g/mol. The third kappa shape index (κ3) is 3.57. The molecule has 2 aliphatic heterocycles. The van der Waals surface area contributed by atoms with E-state index in [1.165, 1.54) is 0 Å². The molecule has 2 aromatic rings. The number of benzene rings is 1. The zero-order valence-corrected chi connectivity index (χ0v) is 16.7. The Bertz CT molecular complexity index is 920. The normalized spacial score (nSPS) is 23.6. The van der Waals surface area contributed by atoms with Gasteiger partial charge in [-0.05, 0) is 55.8 Å². The highest BCUT2D eigenvalue weighted by molar-refractivity contribution is 6.01. The zero-order chi connectivity index (χ0) is 20.6. The predicted molar refractivity (Wildman–Crippen MR) is 111 cm³/mol. The van der Waals surface area contributed by atoms with Crippen LogP contribution in [0.15, 0.2) is 42.6 Å². The lowest BCUT2D eigenvalue weighted by atomic mass is 9.93. The van der Waals surface area contributed by atoms with Crippen LogP contribution in [0.4, 0.5) is 11.5 Å². The second-order valence-electron chi connectivity index (χ2n) is 8.27. The molecule has 2 N–H and O–H groups in total. The number of rotatable bonds is 7. The summed E-state index contributed by atoms with van der Waals surface area (Å²) in [5, 5.41) is 14.5. The topological polar surface area (TPSA) is 96.5 Å². The number of nitrogens with one attached hydrogen (secondary N) is 2. The van der Waals surface area contributed by atoms with Crippen LogP contribution in [0.3, 0.4) is 0 Å². The summed E-state index contributed by atoms with van der Waals surface area (Å²) in [5.74, 6) is 1.39. The van der Waals surface area contributed by atoms with Crippen LogP contribution in [-0.2, 0) is 9.59 Å². The van der Waals surface area contributed by atoms with Gasteiger partial charge in [0, 0.05) is 38.2 Å². The molecule has 3 heterocycles. The molecular formula is C22H25N5O3. The van der Waals surface area contributed by atoms with Crippen LogP contribution in [0.25, 0.3) is 0 Å². The Labute approximate surface area is 175 Å². The average Bonchev–Trinajstić information content (AvgIpc) is 3.47. The van der Waals surface area contributed by atoms with Gasteiger partial charge >= 0.3 is 0 Å². The molecule has 0 radical (unpaired) electrons. The molecule has 0 unspecified atom stereocenters. The van der Waals surface area contributed by atoms with Gasteiger partial charge in [-0.25, -0.2) is 0 Å².